The van der Waals surface area contributed by atoms with Gasteiger partial charge in [-0.05, 0) is 32.4 Å². The summed E-state index contributed by atoms with van der Waals surface area (Å²) < 4.78 is 27.9. The highest BCUT2D eigenvalue weighted by Gasteiger charge is 2.26. The van der Waals surface area contributed by atoms with Crippen molar-refractivity contribution in [1.29, 1.82) is 0 Å². The predicted molar refractivity (Wildman–Crippen MR) is 85.6 cm³/mol. The summed E-state index contributed by atoms with van der Waals surface area (Å²) in [7, 11) is -3.42. The fourth-order valence-electron chi connectivity index (χ4n) is 1.99. The zero-order valence-corrected chi connectivity index (χ0v) is 14.6. The van der Waals surface area contributed by atoms with Crippen LogP contribution in [-0.2, 0) is 16.6 Å². The van der Waals surface area contributed by atoms with E-state index >= 15 is 0 Å². The van der Waals surface area contributed by atoms with Crippen LogP contribution in [0.15, 0.2) is 16.3 Å². The molecule has 116 valence electrons. The predicted octanol–water partition coefficient (Wildman–Crippen LogP) is 3.10. The van der Waals surface area contributed by atoms with Crippen LogP contribution < -0.4 is 10.0 Å². The zero-order valence-electron chi connectivity index (χ0n) is 13.0. The zero-order chi connectivity index (χ0) is 15.4. The Kier molecular flexibility index (Phi) is 6.19. The van der Waals surface area contributed by atoms with Gasteiger partial charge in [0.25, 0.3) is 10.0 Å². The minimum atomic E-state index is -3.42. The molecule has 0 aliphatic heterocycles. The Labute approximate surface area is 127 Å². The van der Waals surface area contributed by atoms with Crippen LogP contribution in [0.25, 0.3) is 0 Å². The number of nitrogens with one attached hydrogen (secondary N) is 2. The number of rotatable bonds is 8. The van der Waals surface area contributed by atoms with Crippen molar-refractivity contribution in [2.45, 2.75) is 69.8 Å². The van der Waals surface area contributed by atoms with Gasteiger partial charge in [-0.25, -0.2) is 13.1 Å². The minimum Gasteiger partial charge on any atom is -0.310 e. The molecule has 0 spiro atoms. The molecule has 0 radical (unpaired) electrons. The van der Waals surface area contributed by atoms with E-state index in [-0.39, 0.29) is 0 Å². The lowest BCUT2D eigenvalue weighted by atomic mass is 10.0. The summed E-state index contributed by atoms with van der Waals surface area (Å²) >= 11 is 1.33. The molecule has 4 nitrogen and oxygen atoms in total. The average molecular weight is 319 g/mol. The highest BCUT2D eigenvalue weighted by molar-refractivity contribution is 7.91. The first-order valence-electron chi connectivity index (χ1n) is 7.02. The maximum atomic E-state index is 12.4. The average Bonchev–Trinajstić information content (AvgIpc) is 2.73. The SMILES string of the molecule is CCCC(C)(C)NS(=O)(=O)c1ccc(CNC(C)C)s1. The molecule has 0 amide bonds. The van der Waals surface area contributed by atoms with E-state index in [0.717, 1.165) is 17.7 Å². The largest absolute Gasteiger partial charge is 0.310 e. The van der Waals surface area contributed by atoms with Crippen LogP contribution in [0.5, 0.6) is 0 Å². The van der Waals surface area contributed by atoms with Crippen molar-refractivity contribution < 1.29 is 8.42 Å². The van der Waals surface area contributed by atoms with Crippen molar-refractivity contribution in [2.24, 2.45) is 0 Å². The maximum absolute atomic E-state index is 12.4. The van der Waals surface area contributed by atoms with Crippen molar-refractivity contribution in [3.8, 4) is 0 Å². The van der Waals surface area contributed by atoms with Crippen LogP contribution in [0.3, 0.4) is 0 Å². The Morgan fingerprint density at radius 3 is 2.50 bits per heavy atom. The van der Waals surface area contributed by atoms with Crippen molar-refractivity contribution in [2.75, 3.05) is 0 Å². The van der Waals surface area contributed by atoms with Gasteiger partial charge in [0.05, 0.1) is 0 Å². The van der Waals surface area contributed by atoms with Gasteiger partial charge in [0.2, 0.25) is 0 Å². The molecule has 0 bridgehead atoms. The molecule has 1 aromatic heterocycles. The van der Waals surface area contributed by atoms with Crippen molar-refractivity contribution in [1.82, 2.24) is 10.0 Å². The van der Waals surface area contributed by atoms with Crippen molar-refractivity contribution in [3.05, 3.63) is 17.0 Å². The minimum absolute atomic E-state index is 0.388. The smallest absolute Gasteiger partial charge is 0.250 e. The molecular formula is C14H26N2O2S2. The normalized spacial score (nSPS) is 13.1. The summed E-state index contributed by atoms with van der Waals surface area (Å²) in [6.45, 7) is 10.7. The van der Waals surface area contributed by atoms with Crippen molar-refractivity contribution >= 4 is 21.4 Å². The topological polar surface area (TPSA) is 58.2 Å². The van der Waals surface area contributed by atoms with E-state index in [4.69, 9.17) is 0 Å². The molecule has 20 heavy (non-hydrogen) atoms. The van der Waals surface area contributed by atoms with E-state index in [0.29, 0.717) is 16.8 Å². The third-order valence-electron chi connectivity index (χ3n) is 2.87. The second-order valence-electron chi connectivity index (χ2n) is 6.00. The molecule has 2 N–H and O–H groups in total. The van der Waals surface area contributed by atoms with Crippen LogP contribution in [0.4, 0.5) is 0 Å². The summed E-state index contributed by atoms with van der Waals surface area (Å²) in [5, 5.41) is 3.29. The van der Waals surface area contributed by atoms with E-state index in [9.17, 15) is 8.42 Å². The molecule has 0 aromatic carbocycles. The lowest BCUT2D eigenvalue weighted by molar-refractivity contribution is 0.418. The monoisotopic (exact) mass is 318 g/mol. The third kappa shape index (κ3) is 5.52. The summed E-state index contributed by atoms with van der Waals surface area (Å²) in [6.07, 6.45) is 1.77. The molecular weight excluding hydrogens is 292 g/mol. The molecule has 0 aliphatic rings. The Hall–Kier alpha value is -0.430. The molecule has 0 atom stereocenters. The van der Waals surface area contributed by atoms with E-state index in [1.165, 1.54) is 11.3 Å². The molecule has 0 unspecified atom stereocenters. The lowest BCUT2D eigenvalue weighted by Crippen LogP contribution is -2.42. The lowest BCUT2D eigenvalue weighted by Gasteiger charge is -2.24. The first-order valence-corrected chi connectivity index (χ1v) is 9.32. The standard InChI is InChI=1S/C14H26N2O2S2/c1-6-9-14(4,5)16-20(17,18)13-8-7-12(19-13)10-15-11(2)3/h7-8,11,15-16H,6,9-10H2,1-5H3. The number of hydrogen-bond acceptors (Lipinski definition) is 4. The Morgan fingerprint density at radius 2 is 1.95 bits per heavy atom. The van der Waals surface area contributed by atoms with Gasteiger partial charge in [0.15, 0.2) is 0 Å². The molecule has 1 heterocycles. The molecule has 1 aromatic rings. The van der Waals surface area contributed by atoms with Crippen LogP contribution in [0.2, 0.25) is 0 Å². The van der Waals surface area contributed by atoms with Gasteiger partial charge in [0, 0.05) is 23.0 Å². The van der Waals surface area contributed by atoms with Crippen LogP contribution in [0.1, 0.15) is 52.3 Å². The molecule has 0 saturated carbocycles. The van der Waals surface area contributed by atoms with Gasteiger partial charge in [-0.3, -0.25) is 0 Å². The van der Waals surface area contributed by atoms with E-state index in [1.807, 2.05) is 19.9 Å². The molecule has 0 fully saturated rings. The van der Waals surface area contributed by atoms with Crippen LogP contribution >= 0.6 is 11.3 Å². The third-order valence-corrected chi connectivity index (χ3v) is 6.15. The van der Waals surface area contributed by atoms with Crippen molar-refractivity contribution in [3.63, 3.8) is 0 Å². The molecule has 6 heteroatoms. The van der Waals surface area contributed by atoms with Gasteiger partial charge in [-0.1, -0.05) is 27.2 Å². The number of thiophene rings is 1. The maximum Gasteiger partial charge on any atom is 0.250 e. The highest BCUT2D eigenvalue weighted by Crippen LogP contribution is 2.24. The number of hydrogen-bond donors (Lipinski definition) is 2. The van der Waals surface area contributed by atoms with Gasteiger partial charge < -0.3 is 5.32 Å². The summed E-state index contributed by atoms with van der Waals surface area (Å²) in [5.41, 5.74) is -0.409. The van der Waals surface area contributed by atoms with Crippen LogP contribution in [0, 0.1) is 0 Å². The Balaban J connectivity index is 2.78. The fourth-order valence-corrected chi connectivity index (χ4v) is 4.74. The van der Waals surface area contributed by atoms with E-state index < -0.39 is 15.6 Å². The first kappa shape index (κ1) is 17.6. The number of sulfonamides is 1. The second kappa shape index (κ2) is 7.02. The summed E-state index contributed by atoms with van der Waals surface area (Å²) in [4.78, 5) is 1.03. The summed E-state index contributed by atoms with van der Waals surface area (Å²) in [5.74, 6) is 0. The molecule has 1 rings (SSSR count). The quantitative estimate of drug-likeness (QED) is 0.774. The van der Waals surface area contributed by atoms with Crippen LogP contribution in [-0.4, -0.2) is 20.0 Å². The Morgan fingerprint density at radius 1 is 1.30 bits per heavy atom. The van der Waals surface area contributed by atoms with Gasteiger partial charge in [-0.15, -0.1) is 11.3 Å². The van der Waals surface area contributed by atoms with Gasteiger partial charge in [0.1, 0.15) is 4.21 Å². The molecule has 0 aliphatic carbocycles. The second-order valence-corrected chi connectivity index (χ2v) is 9.07. The highest BCUT2D eigenvalue weighted by atomic mass is 32.2. The fraction of sp³-hybridized carbons (Fsp3) is 0.714. The Bertz CT molecular complexity index is 519. The summed E-state index contributed by atoms with van der Waals surface area (Å²) in [6, 6.07) is 3.95. The van der Waals surface area contributed by atoms with Gasteiger partial charge >= 0.3 is 0 Å². The van der Waals surface area contributed by atoms with Gasteiger partial charge in [-0.2, -0.15) is 0 Å². The molecule has 0 saturated heterocycles. The van der Waals surface area contributed by atoms with E-state index in [2.05, 4.69) is 30.8 Å². The first-order chi connectivity index (χ1) is 9.16. The van der Waals surface area contributed by atoms with E-state index in [1.54, 1.807) is 6.07 Å².